The number of ether oxygens (including phenoxy) is 2. The number of amides is 1. The molecular weight excluding hydrogens is 278 g/mol. The Morgan fingerprint density at radius 2 is 1.86 bits per heavy atom. The Hall–Kier alpha value is -2.49. The summed E-state index contributed by atoms with van der Waals surface area (Å²) in [6, 6.07) is 11.3. The first kappa shape index (κ1) is 15.9. The zero-order chi connectivity index (χ0) is 16.1. The van der Waals surface area contributed by atoms with Crippen LogP contribution in [0.1, 0.15) is 27.0 Å². The summed E-state index contributed by atoms with van der Waals surface area (Å²) in [6.07, 6.45) is 0. The molecule has 116 valence electrons. The van der Waals surface area contributed by atoms with E-state index in [1.54, 1.807) is 32.4 Å². The maximum Gasteiger partial charge on any atom is 0.251 e. The molecule has 0 aliphatic heterocycles. The summed E-state index contributed by atoms with van der Waals surface area (Å²) in [7, 11) is 3.21. The number of methoxy groups -OCH3 is 1. The Balaban J connectivity index is 2.20. The topological polar surface area (TPSA) is 47.6 Å². The van der Waals surface area contributed by atoms with Crippen LogP contribution in [0.25, 0.3) is 0 Å². The van der Waals surface area contributed by atoms with Crippen molar-refractivity contribution in [3.63, 3.8) is 0 Å². The van der Waals surface area contributed by atoms with E-state index in [1.165, 1.54) is 11.1 Å². The average molecular weight is 299 g/mol. The van der Waals surface area contributed by atoms with Gasteiger partial charge in [0.1, 0.15) is 18.1 Å². The van der Waals surface area contributed by atoms with E-state index < -0.39 is 0 Å². The highest BCUT2D eigenvalue weighted by molar-refractivity contribution is 5.94. The lowest BCUT2D eigenvalue weighted by Crippen LogP contribution is -2.18. The lowest BCUT2D eigenvalue weighted by atomic mass is 10.1. The first-order valence-corrected chi connectivity index (χ1v) is 7.14. The first-order valence-electron chi connectivity index (χ1n) is 7.14. The molecule has 0 aromatic heterocycles. The van der Waals surface area contributed by atoms with Crippen molar-refractivity contribution in [3.05, 3.63) is 58.7 Å². The number of benzene rings is 2. The molecule has 0 aliphatic carbocycles. The molecule has 0 saturated carbocycles. The van der Waals surface area contributed by atoms with Crippen LogP contribution in [0.15, 0.2) is 36.4 Å². The molecular formula is C18H21NO3. The van der Waals surface area contributed by atoms with E-state index in [4.69, 9.17) is 9.47 Å². The Morgan fingerprint density at radius 3 is 2.50 bits per heavy atom. The maximum absolute atomic E-state index is 11.7. The molecule has 22 heavy (non-hydrogen) atoms. The predicted molar refractivity (Wildman–Crippen MR) is 86.6 cm³/mol. The third-order valence-electron chi connectivity index (χ3n) is 3.64. The Morgan fingerprint density at radius 1 is 1.09 bits per heavy atom. The van der Waals surface area contributed by atoms with Crippen LogP contribution in [0.4, 0.5) is 0 Å². The third-order valence-corrected chi connectivity index (χ3v) is 3.64. The molecule has 4 heteroatoms. The average Bonchev–Trinajstić information content (AvgIpc) is 2.54. The molecule has 0 fully saturated rings. The first-order chi connectivity index (χ1) is 10.5. The standard InChI is InChI=1S/C18H21NO3/c1-12-5-7-16(9-13(12)2)22-11-15-10-14(18(20)19-3)6-8-17(15)21-4/h5-10H,11H2,1-4H3,(H,19,20). The summed E-state index contributed by atoms with van der Waals surface area (Å²) in [5.41, 5.74) is 3.83. The van der Waals surface area contributed by atoms with Gasteiger partial charge in [0.05, 0.1) is 7.11 Å². The monoisotopic (exact) mass is 299 g/mol. The number of carbonyl (C=O) groups excluding carboxylic acids is 1. The Bertz CT molecular complexity index is 680. The van der Waals surface area contributed by atoms with Crippen LogP contribution in [0, 0.1) is 13.8 Å². The fraction of sp³-hybridized carbons (Fsp3) is 0.278. The van der Waals surface area contributed by atoms with E-state index in [0.29, 0.717) is 17.9 Å². The summed E-state index contributed by atoms with van der Waals surface area (Å²) in [4.78, 5) is 11.7. The second-order valence-electron chi connectivity index (χ2n) is 5.14. The molecule has 2 rings (SSSR count). The molecule has 1 amide bonds. The highest BCUT2D eigenvalue weighted by atomic mass is 16.5. The quantitative estimate of drug-likeness (QED) is 0.922. The number of hydrogen-bond acceptors (Lipinski definition) is 3. The van der Waals surface area contributed by atoms with Crippen LogP contribution in [-0.4, -0.2) is 20.1 Å². The normalized spacial score (nSPS) is 10.2. The van der Waals surface area contributed by atoms with Gasteiger partial charge in [0.2, 0.25) is 0 Å². The van der Waals surface area contributed by atoms with Crippen LogP contribution in [0.2, 0.25) is 0 Å². The van der Waals surface area contributed by atoms with Crippen molar-refractivity contribution >= 4 is 5.91 Å². The van der Waals surface area contributed by atoms with Crippen molar-refractivity contribution in [2.45, 2.75) is 20.5 Å². The largest absolute Gasteiger partial charge is 0.496 e. The van der Waals surface area contributed by atoms with E-state index in [0.717, 1.165) is 11.3 Å². The van der Waals surface area contributed by atoms with Gasteiger partial charge in [-0.1, -0.05) is 6.07 Å². The van der Waals surface area contributed by atoms with Crippen LogP contribution >= 0.6 is 0 Å². The number of hydrogen-bond donors (Lipinski definition) is 1. The molecule has 2 aromatic rings. The van der Waals surface area contributed by atoms with E-state index in [2.05, 4.69) is 19.2 Å². The van der Waals surface area contributed by atoms with Gasteiger partial charge in [-0.2, -0.15) is 0 Å². The van der Waals surface area contributed by atoms with Gasteiger partial charge in [-0.15, -0.1) is 0 Å². The third kappa shape index (κ3) is 3.58. The highest BCUT2D eigenvalue weighted by Gasteiger charge is 2.10. The zero-order valence-corrected chi connectivity index (χ0v) is 13.4. The Labute approximate surface area is 131 Å². The predicted octanol–water partition coefficient (Wildman–Crippen LogP) is 3.25. The van der Waals surface area contributed by atoms with E-state index >= 15 is 0 Å². The molecule has 2 aromatic carbocycles. The minimum atomic E-state index is -0.130. The Kier molecular flexibility index (Phi) is 5.04. The van der Waals surface area contributed by atoms with Gasteiger partial charge < -0.3 is 14.8 Å². The minimum Gasteiger partial charge on any atom is -0.496 e. The second-order valence-corrected chi connectivity index (χ2v) is 5.14. The van der Waals surface area contributed by atoms with Crippen LogP contribution in [0.3, 0.4) is 0 Å². The van der Waals surface area contributed by atoms with Gasteiger partial charge in [-0.3, -0.25) is 4.79 Å². The van der Waals surface area contributed by atoms with Crippen molar-refractivity contribution in [1.29, 1.82) is 0 Å². The lowest BCUT2D eigenvalue weighted by Gasteiger charge is -2.12. The molecule has 0 spiro atoms. The van der Waals surface area contributed by atoms with Crippen LogP contribution in [-0.2, 0) is 6.61 Å². The van der Waals surface area contributed by atoms with E-state index in [-0.39, 0.29) is 5.91 Å². The summed E-state index contributed by atoms with van der Waals surface area (Å²) in [6.45, 7) is 4.46. The number of aryl methyl sites for hydroxylation is 2. The van der Waals surface area contributed by atoms with Crippen molar-refractivity contribution < 1.29 is 14.3 Å². The van der Waals surface area contributed by atoms with E-state index in [1.807, 2.05) is 18.2 Å². The van der Waals surface area contributed by atoms with Gasteiger partial charge in [-0.05, 0) is 55.3 Å². The van der Waals surface area contributed by atoms with Gasteiger partial charge in [0, 0.05) is 18.2 Å². The number of nitrogens with one attached hydrogen (secondary N) is 1. The molecule has 0 saturated heterocycles. The zero-order valence-electron chi connectivity index (χ0n) is 13.4. The fourth-order valence-corrected chi connectivity index (χ4v) is 2.14. The number of rotatable bonds is 5. The number of carbonyl (C=O) groups is 1. The smallest absolute Gasteiger partial charge is 0.251 e. The summed E-state index contributed by atoms with van der Waals surface area (Å²) in [5.74, 6) is 1.38. The molecule has 0 heterocycles. The molecule has 4 nitrogen and oxygen atoms in total. The summed E-state index contributed by atoms with van der Waals surface area (Å²) < 4.78 is 11.2. The van der Waals surface area contributed by atoms with Gasteiger partial charge in [-0.25, -0.2) is 0 Å². The highest BCUT2D eigenvalue weighted by Crippen LogP contribution is 2.23. The molecule has 0 atom stereocenters. The van der Waals surface area contributed by atoms with E-state index in [9.17, 15) is 4.79 Å². The molecule has 0 aliphatic rings. The fourth-order valence-electron chi connectivity index (χ4n) is 2.14. The van der Waals surface area contributed by atoms with Crippen LogP contribution in [0.5, 0.6) is 11.5 Å². The molecule has 1 N–H and O–H groups in total. The van der Waals surface area contributed by atoms with Gasteiger partial charge in [0.15, 0.2) is 0 Å². The van der Waals surface area contributed by atoms with Gasteiger partial charge >= 0.3 is 0 Å². The lowest BCUT2D eigenvalue weighted by molar-refractivity contribution is 0.0963. The molecule has 0 radical (unpaired) electrons. The van der Waals surface area contributed by atoms with Gasteiger partial charge in [0.25, 0.3) is 5.91 Å². The SMILES string of the molecule is CNC(=O)c1ccc(OC)c(COc2ccc(C)c(C)c2)c1. The minimum absolute atomic E-state index is 0.130. The van der Waals surface area contributed by atoms with Crippen molar-refractivity contribution in [3.8, 4) is 11.5 Å². The van der Waals surface area contributed by atoms with Crippen molar-refractivity contribution in [2.75, 3.05) is 14.2 Å². The summed E-state index contributed by atoms with van der Waals surface area (Å²) in [5, 5.41) is 2.61. The van der Waals surface area contributed by atoms with Crippen LogP contribution < -0.4 is 14.8 Å². The molecule has 0 bridgehead atoms. The summed E-state index contributed by atoms with van der Waals surface area (Å²) >= 11 is 0. The van der Waals surface area contributed by atoms with Crippen molar-refractivity contribution in [2.24, 2.45) is 0 Å². The second kappa shape index (κ2) is 6.98. The molecule has 0 unspecified atom stereocenters. The maximum atomic E-state index is 11.7. The van der Waals surface area contributed by atoms with Crippen molar-refractivity contribution in [1.82, 2.24) is 5.32 Å².